The Bertz CT molecular complexity index is 754. The number of thioether (sulfide) groups is 1. The summed E-state index contributed by atoms with van der Waals surface area (Å²) in [7, 11) is 2.21. The Morgan fingerprint density at radius 2 is 2.04 bits per heavy atom. The molecule has 1 unspecified atom stereocenters. The third-order valence-electron chi connectivity index (χ3n) is 4.58. The maximum absolute atomic E-state index is 12.7. The maximum atomic E-state index is 12.7. The number of likely N-dealkylation sites (N-methyl/N-ethyl adjacent to an activating group) is 1. The Balaban J connectivity index is 1.65. The molecule has 0 fully saturated rings. The van der Waals surface area contributed by atoms with Crippen molar-refractivity contribution in [1.82, 2.24) is 5.32 Å². The molecule has 2 aromatic rings. The molecule has 6 heteroatoms. The van der Waals surface area contributed by atoms with Gasteiger partial charge in [0.05, 0.1) is 24.0 Å². The van der Waals surface area contributed by atoms with Gasteiger partial charge in [0.2, 0.25) is 0 Å². The first-order chi connectivity index (χ1) is 11.2. The van der Waals surface area contributed by atoms with Crippen LogP contribution >= 0.6 is 23.1 Å². The van der Waals surface area contributed by atoms with Gasteiger partial charge in [-0.2, -0.15) is 0 Å². The summed E-state index contributed by atoms with van der Waals surface area (Å²) in [6.07, 6.45) is 2.92. The molecule has 2 aliphatic rings. The van der Waals surface area contributed by atoms with Crippen molar-refractivity contribution < 1.29 is 9.69 Å². The Morgan fingerprint density at radius 1 is 1.26 bits per heavy atom. The van der Waals surface area contributed by atoms with Gasteiger partial charge in [-0.05, 0) is 29.5 Å². The molecule has 2 aliphatic heterocycles. The first kappa shape index (κ1) is 15.1. The van der Waals surface area contributed by atoms with Crippen molar-refractivity contribution in [1.29, 1.82) is 0 Å². The number of carbonyl (C=O) groups excluding carboxylic acids is 1. The highest BCUT2D eigenvalue weighted by Gasteiger charge is 2.33. The second kappa shape index (κ2) is 5.85. The number of hydrogen-bond acceptors (Lipinski definition) is 4. The third-order valence-corrected chi connectivity index (χ3v) is 6.49. The molecule has 1 aromatic carbocycles. The van der Waals surface area contributed by atoms with Crippen LogP contribution in [0, 0.1) is 0 Å². The second-order valence-corrected chi connectivity index (χ2v) is 8.15. The van der Waals surface area contributed by atoms with Gasteiger partial charge in [0.15, 0.2) is 0 Å². The molecule has 3 N–H and O–H groups in total. The molecule has 0 saturated heterocycles. The normalized spacial score (nSPS) is 22.8. The number of thiophene rings is 1. The van der Waals surface area contributed by atoms with Crippen LogP contribution in [0.2, 0.25) is 0 Å². The van der Waals surface area contributed by atoms with Crippen LogP contribution in [-0.4, -0.2) is 25.8 Å². The van der Waals surface area contributed by atoms with Gasteiger partial charge in [0, 0.05) is 11.3 Å². The fourth-order valence-corrected chi connectivity index (χ4v) is 5.09. The van der Waals surface area contributed by atoms with Crippen LogP contribution in [0.1, 0.15) is 32.5 Å². The monoisotopic (exact) mass is 346 g/mol. The summed E-state index contributed by atoms with van der Waals surface area (Å²) in [6, 6.07) is 8.36. The first-order valence-corrected chi connectivity index (χ1v) is 9.87. The van der Waals surface area contributed by atoms with Crippen LogP contribution in [0.25, 0.3) is 0 Å². The second-order valence-electron chi connectivity index (χ2n) is 6.17. The van der Waals surface area contributed by atoms with E-state index in [1.165, 1.54) is 20.2 Å². The Hall–Kier alpha value is -1.50. The van der Waals surface area contributed by atoms with Crippen LogP contribution in [0.15, 0.2) is 29.2 Å². The standard InChI is InChI=1S/C17H19N3OS2/c1-20-8-7-12-13(9-20)23-17-14(12)16(21)18-15(19-17)10-3-5-11(22-2)6-4-10/h3-6,15,19H,7-9H2,1-2H3,(H,18,21)/p+1/t15-/m0/s1. The lowest BCUT2D eigenvalue weighted by Gasteiger charge is -2.27. The Morgan fingerprint density at radius 3 is 2.78 bits per heavy atom. The van der Waals surface area contributed by atoms with Crippen molar-refractivity contribution in [2.45, 2.75) is 24.0 Å². The van der Waals surface area contributed by atoms with Gasteiger partial charge in [-0.3, -0.25) is 4.79 Å². The van der Waals surface area contributed by atoms with Crippen LogP contribution in [0.4, 0.5) is 5.00 Å². The number of hydrogen-bond donors (Lipinski definition) is 3. The highest BCUT2D eigenvalue weighted by atomic mass is 32.2. The lowest BCUT2D eigenvalue weighted by molar-refractivity contribution is -0.895. The molecule has 3 heterocycles. The van der Waals surface area contributed by atoms with Gasteiger partial charge in [-0.25, -0.2) is 0 Å². The summed E-state index contributed by atoms with van der Waals surface area (Å²) in [5.74, 6) is 0.0646. The van der Waals surface area contributed by atoms with Crippen LogP contribution in [0.3, 0.4) is 0 Å². The minimum absolute atomic E-state index is 0.0646. The first-order valence-electron chi connectivity index (χ1n) is 7.83. The molecule has 1 amide bonds. The Kier molecular flexibility index (Phi) is 3.83. The van der Waals surface area contributed by atoms with E-state index in [4.69, 9.17) is 0 Å². The number of carbonyl (C=O) groups is 1. The van der Waals surface area contributed by atoms with E-state index < -0.39 is 0 Å². The highest BCUT2D eigenvalue weighted by Crippen LogP contribution is 2.39. The number of rotatable bonds is 2. The van der Waals surface area contributed by atoms with Crippen molar-refractivity contribution in [2.24, 2.45) is 0 Å². The van der Waals surface area contributed by atoms with E-state index in [1.807, 2.05) is 0 Å². The van der Waals surface area contributed by atoms with Crippen molar-refractivity contribution in [3.63, 3.8) is 0 Å². The van der Waals surface area contributed by atoms with E-state index in [0.717, 1.165) is 35.6 Å². The molecule has 120 valence electrons. The summed E-state index contributed by atoms with van der Waals surface area (Å²) in [4.78, 5) is 16.8. The number of nitrogens with one attached hydrogen (secondary N) is 3. The average molecular weight is 347 g/mol. The lowest BCUT2D eigenvalue weighted by Crippen LogP contribution is -3.08. The van der Waals surface area contributed by atoms with E-state index in [2.05, 4.69) is 48.2 Å². The smallest absolute Gasteiger partial charge is 0.256 e. The molecule has 23 heavy (non-hydrogen) atoms. The SMILES string of the molecule is CSc1ccc([C@H]2NC(=O)c3c(sc4c3CC[NH+](C)C4)N2)cc1. The molecule has 2 atom stereocenters. The van der Waals surface area contributed by atoms with Crippen molar-refractivity contribution in [2.75, 3.05) is 25.2 Å². The van der Waals surface area contributed by atoms with Gasteiger partial charge in [0.25, 0.3) is 5.91 Å². The van der Waals surface area contributed by atoms with Gasteiger partial charge in [-0.15, -0.1) is 23.1 Å². The van der Waals surface area contributed by atoms with Crippen LogP contribution in [-0.2, 0) is 13.0 Å². The molecule has 0 spiro atoms. The number of fused-ring (bicyclic) bond motifs is 3. The van der Waals surface area contributed by atoms with Gasteiger partial charge in [-0.1, -0.05) is 12.1 Å². The fourth-order valence-electron chi connectivity index (χ4n) is 3.30. The number of amides is 1. The van der Waals surface area contributed by atoms with E-state index in [9.17, 15) is 4.79 Å². The quantitative estimate of drug-likeness (QED) is 0.728. The van der Waals surface area contributed by atoms with Crippen molar-refractivity contribution in [3.8, 4) is 0 Å². The van der Waals surface area contributed by atoms with E-state index >= 15 is 0 Å². The summed E-state index contributed by atoms with van der Waals surface area (Å²) in [5, 5.41) is 7.68. The predicted octanol–water partition coefficient (Wildman–Crippen LogP) is 1.89. The third kappa shape index (κ3) is 2.65. The van der Waals surface area contributed by atoms with Crippen molar-refractivity contribution >= 4 is 34.0 Å². The summed E-state index contributed by atoms with van der Waals surface area (Å²) in [6.45, 7) is 2.12. The predicted molar refractivity (Wildman–Crippen MR) is 95.5 cm³/mol. The molecule has 0 aliphatic carbocycles. The number of anilines is 1. The highest BCUT2D eigenvalue weighted by molar-refractivity contribution is 7.98. The lowest BCUT2D eigenvalue weighted by atomic mass is 10.0. The molecular formula is C17H20N3OS2+. The zero-order chi connectivity index (χ0) is 16.0. The largest absolute Gasteiger partial charge is 0.353 e. The summed E-state index contributed by atoms with van der Waals surface area (Å²) in [5.41, 5.74) is 3.24. The van der Waals surface area contributed by atoms with E-state index in [1.54, 1.807) is 23.1 Å². The van der Waals surface area contributed by atoms with E-state index in [0.29, 0.717) is 0 Å². The molecule has 0 saturated carbocycles. The molecular weight excluding hydrogens is 326 g/mol. The maximum Gasteiger partial charge on any atom is 0.256 e. The zero-order valence-corrected chi connectivity index (χ0v) is 14.9. The number of benzene rings is 1. The molecule has 0 bridgehead atoms. The van der Waals surface area contributed by atoms with Gasteiger partial charge >= 0.3 is 0 Å². The van der Waals surface area contributed by atoms with Crippen molar-refractivity contribution in [3.05, 3.63) is 45.8 Å². The van der Waals surface area contributed by atoms with Crippen LogP contribution < -0.4 is 15.5 Å². The minimum Gasteiger partial charge on any atom is -0.353 e. The van der Waals surface area contributed by atoms with Crippen LogP contribution in [0.5, 0.6) is 0 Å². The molecule has 1 aromatic heterocycles. The Labute approximate surface area is 144 Å². The van der Waals surface area contributed by atoms with E-state index in [-0.39, 0.29) is 12.1 Å². The molecule has 0 radical (unpaired) electrons. The van der Waals surface area contributed by atoms with Gasteiger partial charge < -0.3 is 15.5 Å². The molecule has 4 rings (SSSR count). The minimum atomic E-state index is -0.143. The topological polar surface area (TPSA) is 45.6 Å². The fraction of sp³-hybridized carbons (Fsp3) is 0.353. The molecule has 4 nitrogen and oxygen atoms in total. The average Bonchev–Trinajstić information content (AvgIpc) is 2.92. The number of quaternary nitrogens is 1. The summed E-state index contributed by atoms with van der Waals surface area (Å²) < 4.78 is 0. The summed E-state index contributed by atoms with van der Waals surface area (Å²) >= 11 is 3.48. The van der Waals surface area contributed by atoms with Gasteiger partial charge in [0.1, 0.15) is 17.7 Å². The zero-order valence-electron chi connectivity index (χ0n) is 13.2.